The summed E-state index contributed by atoms with van der Waals surface area (Å²) < 4.78 is 0. The predicted octanol–water partition coefficient (Wildman–Crippen LogP) is 3.05. The van der Waals surface area contributed by atoms with Gasteiger partial charge >= 0.3 is 0 Å². The number of H-pyrrole nitrogens is 1. The molecule has 1 N–H and O–H groups in total. The third-order valence-electron chi connectivity index (χ3n) is 2.52. The first kappa shape index (κ1) is 11.2. The Morgan fingerprint density at radius 1 is 1.14 bits per heavy atom. The van der Waals surface area contributed by atoms with Gasteiger partial charge in [-0.3, -0.25) is 5.10 Å². The molecule has 0 spiro atoms. The maximum absolute atomic E-state index is 4.50. The van der Waals surface area contributed by atoms with E-state index in [-0.39, 0.29) is 0 Å². The number of hydrogen-bond donors (Lipinski definition) is 1. The number of hydrogen-bond acceptors (Lipinski definition) is 2. The minimum absolute atomic E-state index is 0.557. The van der Waals surface area contributed by atoms with Crippen LogP contribution in [0.1, 0.15) is 64.0 Å². The van der Waals surface area contributed by atoms with Crippen LogP contribution in [0.15, 0.2) is 0 Å². The van der Waals surface area contributed by atoms with Crippen molar-refractivity contribution in [3.8, 4) is 0 Å². The first-order valence-electron chi connectivity index (χ1n) is 5.72. The van der Waals surface area contributed by atoms with Crippen molar-refractivity contribution < 1.29 is 0 Å². The molecule has 3 nitrogen and oxygen atoms in total. The molecular weight excluding hydrogens is 174 g/mol. The van der Waals surface area contributed by atoms with E-state index in [1.165, 1.54) is 25.7 Å². The topological polar surface area (TPSA) is 41.6 Å². The van der Waals surface area contributed by atoms with Crippen LogP contribution in [0.5, 0.6) is 0 Å². The molecule has 1 heterocycles. The second-order valence-corrected chi connectivity index (χ2v) is 3.77. The Bertz CT molecular complexity index is 249. The third-order valence-corrected chi connectivity index (χ3v) is 2.52. The van der Waals surface area contributed by atoms with Gasteiger partial charge < -0.3 is 0 Å². The van der Waals surface area contributed by atoms with Gasteiger partial charge in [-0.25, -0.2) is 4.98 Å². The average molecular weight is 195 g/mol. The summed E-state index contributed by atoms with van der Waals surface area (Å²) in [5.41, 5.74) is 0. The Morgan fingerprint density at radius 2 is 1.79 bits per heavy atom. The summed E-state index contributed by atoms with van der Waals surface area (Å²) >= 11 is 0. The van der Waals surface area contributed by atoms with Crippen molar-refractivity contribution in [2.24, 2.45) is 0 Å². The Hall–Kier alpha value is -0.860. The zero-order chi connectivity index (χ0) is 10.4. The molecule has 0 saturated carbocycles. The highest BCUT2D eigenvalue weighted by Crippen LogP contribution is 2.23. The molecule has 0 saturated heterocycles. The highest BCUT2D eigenvalue weighted by Gasteiger charge is 2.14. The second kappa shape index (κ2) is 5.78. The molecule has 3 heteroatoms. The van der Waals surface area contributed by atoms with Crippen molar-refractivity contribution in [2.75, 3.05) is 0 Å². The molecule has 0 aliphatic heterocycles. The molecule has 0 bridgehead atoms. The second-order valence-electron chi connectivity index (χ2n) is 3.77. The number of rotatable bonds is 6. The number of aryl methyl sites for hydroxylation is 1. The van der Waals surface area contributed by atoms with E-state index >= 15 is 0 Å². The van der Waals surface area contributed by atoms with Crippen molar-refractivity contribution in [2.45, 2.75) is 58.8 Å². The van der Waals surface area contributed by atoms with Gasteiger partial charge in [-0.1, -0.05) is 33.6 Å². The van der Waals surface area contributed by atoms with Crippen LogP contribution < -0.4 is 0 Å². The molecule has 80 valence electrons. The summed E-state index contributed by atoms with van der Waals surface area (Å²) in [4.78, 5) is 4.50. The zero-order valence-electron chi connectivity index (χ0n) is 9.51. The number of nitrogens with zero attached hydrogens (tertiary/aromatic N) is 2. The van der Waals surface area contributed by atoms with Gasteiger partial charge in [-0.2, -0.15) is 5.10 Å². The summed E-state index contributed by atoms with van der Waals surface area (Å²) in [6, 6.07) is 0. The molecule has 1 aromatic rings. The van der Waals surface area contributed by atoms with E-state index in [4.69, 9.17) is 0 Å². The molecule has 0 unspecified atom stereocenters. The Labute approximate surface area is 86.3 Å². The maximum Gasteiger partial charge on any atom is 0.153 e. The van der Waals surface area contributed by atoms with E-state index in [2.05, 4.69) is 36.0 Å². The molecule has 14 heavy (non-hydrogen) atoms. The summed E-state index contributed by atoms with van der Waals surface area (Å²) in [5.74, 6) is 2.59. The van der Waals surface area contributed by atoms with Gasteiger partial charge in [0.25, 0.3) is 0 Å². The highest BCUT2D eigenvalue weighted by atomic mass is 15.2. The lowest BCUT2D eigenvalue weighted by Crippen LogP contribution is -2.00. The number of aromatic nitrogens is 3. The molecular formula is C11H21N3. The van der Waals surface area contributed by atoms with Crippen LogP contribution in [0.2, 0.25) is 0 Å². The van der Waals surface area contributed by atoms with Crippen molar-refractivity contribution in [3.63, 3.8) is 0 Å². The summed E-state index contributed by atoms with van der Waals surface area (Å²) in [6.45, 7) is 6.53. The lowest BCUT2D eigenvalue weighted by molar-refractivity contribution is 0.535. The summed E-state index contributed by atoms with van der Waals surface area (Å²) in [7, 11) is 0. The fourth-order valence-corrected chi connectivity index (χ4v) is 1.75. The van der Waals surface area contributed by atoms with Gasteiger partial charge in [-0.15, -0.1) is 0 Å². The van der Waals surface area contributed by atoms with Gasteiger partial charge in [0, 0.05) is 12.3 Å². The first-order chi connectivity index (χ1) is 6.81. The standard InChI is InChI=1S/C11H21N3/c1-4-7-9(8-5-2)11-12-10(6-3)13-14-11/h9H,4-8H2,1-3H3,(H,12,13,14). The van der Waals surface area contributed by atoms with Crippen LogP contribution >= 0.6 is 0 Å². The largest absolute Gasteiger partial charge is 0.263 e. The smallest absolute Gasteiger partial charge is 0.153 e. The van der Waals surface area contributed by atoms with Crippen LogP contribution in [0.25, 0.3) is 0 Å². The monoisotopic (exact) mass is 195 g/mol. The number of aromatic amines is 1. The molecule has 0 radical (unpaired) electrons. The fraction of sp³-hybridized carbons (Fsp3) is 0.818. The molecule has 1 aromatic heterocycles. The normalized spacial score (nSPS) is 11.1. The molecule has 0 fully saturated rings. The van der Waals surface area contributed by atoms with Crippen molar-refractivity contribution in [3.05, 3.63) is 11.6 Å². The molecule has 0 aliphatic rings. The van der Waals surface area contributed by atoms with E-state index in [1.807, 2.05) is 0 Å². The van der Waals surface area contributed by atoms with Gasteiger partial charge in [0.1, 0.15) is 5.82 Å². The summed E-state index contributed by atoms with van der Waals surface area (Å²) in [5, 5.41) is 7.28. The average Bonchev–Trinajstić information content (AvgIpc) is 2.65. The Kier molecular flexibility index (Phi) is 4.63. The lowest BCUT2D eigenvalue weighted by atomic mass is 9.98. The Morgan fingerprint density at radius 3 is 2.21 bits per heavy atom. The minimum atomic E-state index is 0.557. The van der Waals surface area contributed by atoms with Crippen LogP contribution in [0.4, 0.5) is 0 Å². The molecule has 1 rings (SSSR count). The predicted molar refractivity (Wildman–Crippen MR) is 58.3 cm³/mol. The quantitative estimate of drug-likeness (QED) is 0.758. The van der Waals surface area contributed by atoms with E-state index in [1.54, 1.807) is 0 Å². The van der Waals surface area contributed by atoms with Crippen molar-refractivity contribution >= 4 is 0 Å². The molecule has 0 aromatic carbocycles. The lowest BCUT2D eigenvalue weighted by Gasteiger charge is -2.10. The Balaban J connectivity index is 2.65. The highest BCUT2D eigenvalue weighted by molar-refractivity contribution is 4.97. The zero-order valence-corrected chi connectivity index (χ0v) is 9.51. The van der Waals surface area contributed by atoms with Gasteiger partial charge in [0.05, 0.1) is 0 Å². The molecule has 0 aliphatic carbocycles. The number of nitrogens with one attached hydrogen (secondary N) is 1. The van der Waals surface area contributed by atoms with Crippen LogP contribution in [0.3, 0.4) is 0 Å². The van der Waals surface area contributed by atoms with E-state index in [0.29, 0.717) is 5.92 Å². The fourth-order valence-electron chi connectivity index (χ4n) is 1.75. The van der Waals surface area contributed by atoms with E-state index < -0.39 is 0 Å². The van der Waals surface area contributed by atoms with Crippen LogP contribution in [-0.2, 0) is 6.42 Å². The molecule has 0 amide bonds. The van der Waals surface area contributed by atoms with Crippen molar-refractivity contribution in [1.29, 1.82) is 0 Å². The van der Waals surface area contributed by atoms with E-state index in [9.17, 15) is 0 Å². The first-order valence-corrected chi connectivity index (χ1v) is 5.72. The van der Waals surface area contributed by atoms with Gasteiger partial charge in [0.2, 0.25) is 0 Å². The van der Waals surface area contributed by atoms with E-state index in [0.717, 1.165) is 18.1 Å². The van der Waals surface area contributed by atoms with Gasteiger partial charge in [-0.05, 0) is 12.8 Å². The SMILES string of the molecule is CCCC(CCC)c1n[nH]c(CC)n1. The third kappa shape index (κ3) is 2.82. The van der Waals surface area contributed by atoms with Crippen LogP contribution in [0, 0.1) is 0 Å². The van der Waals surface area contributed by atoms with Crippen LogP contribution in [-0.4, -0.2) is 15.2 Å². The maximum atomic E-state index is 4.50. The van der Waals surface area contributed by atoms with Crippen molar-refractivity contribution in [1.82, 2.24) is 15.2 Å². The minimum Gasteiger partial charge on any atom is -0.263 e. The van der Waals surface area contributed by atoms with Gasteiger partial charge in [0.15, 0.2) is 5.82 Å². The summed E-state index contributed by atoms with van der Waals surface area (Å²) in [6.07, 6.45) is 5.77. The molecule has 0 atom stereocenters.